The van der Waals surface area contributed by atoms with E-state index in [0.717, 1.165) is 11.1 Å². The number of aryl methyl sites for hydroxylation is 2. The Bertz CT molecular complexity index is 1040. The van der Waals surface area contributed by atoms with Crippen LogP contribution in [0.5, 0.6) is 0 Å². The zero-order chi connectivity index (χ0) is 25.5. The van der Waals surface area contributed by atoms with Gasteiger partial charge in [-0.3, -0.25) is 9.59 Å². The molecular weight excluding hydrogens is 430 g/mol. The average molecular weight is 466 g/mol. The summed E-state index contributed by atoms with van der Waals surface area (Å²) in [7, 11) is 0. The molecule has 3 amide bonds. The summed E-state index contributed by atoms with van der Waals surface area (Å²) < 4.78 is 5.28. The molecule has 0 bridgehead atoms. The second-order valence-electron chi connectivity index (χ2n) is 9.27. The molecule has 0 fully saturated rings. The third-order valence-corrected chi connectivity index (χ3v) is 5.03. The van der Waals surface area contributed by atoms with E-state index in [2.05, 4.69) is 17.2 Å². The van der Waals surface area contributed by atoms with Crippen molar-refractivity contribution in [2.24, 2.45) is 0 Å². The summed E-state index contributed by atoms with van der Waals surface area (Å²) in [6, 6.07) is 13.0. The van der Waals surface area contributed by atoms with E-state index in [1.165, 1.54) is 4.90 Å². The SMILES string of the molecule is C=CCN(C(=O)C(C)NC(=O)OC(C)(C)C)C(C(=O)Nc1ccccc1C)c1cccc(C)c1. The van der Waals surface area contributed by atoms with E-state index in [4.69, 9.17) is 4.74 Å². The molecule has 2 aromatic carbocycles. The Balaban J connectivity index is 2.40. The standard InChI is InChI=1S/C27H35N3O4/c1-8-16-30(25(32)20(4)28-26(33)34-27(5,6)7)23(21-14-11-12-18(2)17-21)24(31)29-22-15-10-9-13-19(22)3/h8-15,17,20,23H,1,16H2,2-7H3,(H,28,33)(H,29,31). The molecule has 2 unspecified atom stereocenters. The van der Waals surface area contributed by atoms with Crippen LogP contribution in [0, 0.1) is 13.8 Å². The first-order chi connectivity index (χ1) is 15.9. The first-order valence-corrected chi connectivity index (χ1v) is 11.3. The van der Waals surface area contributed by atoms with Gasteiger partial charge in [-0.2, -0.15) is 0 Å². The van der Waals surface area contributed by atoms with Crippen LogP contribution >= 0.6 is 0 Å². The Morgan fingerprint density at radius 1 is 1.09 bits per heavy atom. The van der Waals surface area contributed by atoms with Crippen LogP contribution in [0.1, 0.15) is 50.4 Å². The van der Waals surface area contributed by atoms with Gasteiger partial charge in [-0.15, -0.1) is 6.58 Å². The fourth-order valence-corrected chi connectivity index (χ4v) is 3.48. The van der Waals surface area contributed by atoms with E-state index in [-0.39, 0.29) is 12.5 Å². The third-order valence-electron chi connectivity index (χ3n) is 5.03. The minimum Gasteiger partial charge on any atom is -0.444 e. The van der Waals surface area contributed by atoms with Gasteiger partial charge in [-0.1, -0.05) is 54.1 Å². The predicted octanol–water partition coefficient (Wildman–Crippen LogP) is 4.91. The van der Waals surface area contributed by atoms with Crippen LogP contribution < -0.4 is 10.6 Å². The number of ether oxygens (including phenoxy) is 1. The molecule has 2 aromatic rings. The number of amides is 3. The number of alkyl carbamates (subject to hydrolysis) is 1. The minimum atomic E-state index is -0.937. The van der Waals surface area contributed by atoms with Gasteiger partial charge in [-0.05, 0) is 58.7 Å². The van der Waals surface area contributed by atoms with E-state index in [1.54, 1.807) is 33.8 Å². The summed E-state index contributed by atoms with van der Waals surface area (Å²) >= 11 is 0. The van der Waals surface area contributed by atoms with E-state index in [1.807, 2.05) is 62.4 Å². The number of anilines is 1. The number of rotatable bonds is 8. The smallest absolute Gasteiger partial charge is 0.408 e. The first kappa shape index (κ1) is 26.6. The number of para-hydroxylation sites is 1. The van der Waals surface area contributed by atoms with E-state index >= 15 is 0 Å². The molecule has 7 heteroatoms. The largest absolute Gasteiger partial charge is 0.444 e. The molecule has 0 aliphatic rings. The molecule has 0 aromatic heterocycles. The van der Waals surface area contributed by atoms with Crippen molar-refractivity contribution in [2.75, 3.05) is 11.9 Å². The molecule has 2 rings (SSSR count). The molecule has 182 valence electrons. The molecule has 0 heterocycles. The maximum Gasteiger partial charge on any atom is 0.408 e. The van der Waals surface area contributed by atoms with Crippen LogP contribution in [0.4, 0.5) is 10.5 Å². The summed E-state index contributed by atoms with van der Waals surface area (Å²) in [4.78, 5) is 40.7. The van der Waals surface area contributed by atoms with Crippen molar-refractivity contribution in [3.8, 4) is 0 Å². The number of benzene rings is 2. The highest BCUT2D eigenvalue weighted by Gasteiger charge is 2.34. The van der Waals surface area contributed by atoms with Gasteiger partial charge in [0.25, 0.3) is 5.91 Å². The topological polar surface area (TPSA) is 87.7 Å². The summed E-state index contributed by atoms with van der Waals surface area (Å²) in [5.74, 6) is -0.795. The van der Waals surface area contributed by atoms with Crippen LogP contribution in [0.15, 0.2) is 61.2 Å². The van der Waals surface area contributed by atoms with Gasteiger partial charge in [0.15, 0.2) is 0 Å². The Morgan fingerprint density at radius 2 is 1.76 bits per heavy atom. The highest BCUT2D eigenvalue weighted by molar-refractivity contribution is 5.99. The Labute approximate surface area is 202 Å². The van der Waals surface area contributed by atoms with Gasteiger partial charge in [0, 0.05) is 12.2 Å². The van der Waals surface area contributed by atoms with Crippen molar-refractivity contribution in [3.05, 3.63) is 77.9 Å². The molecule has 0 saturated carbocycles. The minimum absolute atomic E-state index is 0.110. The second kappa shape index (κ2) is 11.5. The fraction of sp³-hybridized carbons (Fsp3) is 0.370. The molecular formula is C27H35N3O4. The van der Waals surface area contributed by atoms with Crippen molar-refractivity contribution < 1.29 is 19.1 Å². The van der Waals surface area contributed by atoms with Crippen LogP contribution in [0.3, 0.4) is 0 Å². The molecule has 34 heavy (non-hydrogen) atoms. The van der Waals surface area contributed by atoms with Gasteiger partial charge in [0.05, 0.1) is 0 Å². The van der Waals surface area contributed by atoms with Crippen molar-refractivity contribution >= 4 is 23.6 Å². The molecule has 7 nitrogen and oxygen atoms in total. The second-order valence-corrected chi connectivity index (χ2v) is 9.27. The monoisotopic (exact) mass is 465 g/mol. The lowest BCUT2D eigenvalue weighted by atomic mass is 10.0. The van der Waals surface area contributed by atoms with Crippen LogP contribution in [-0.2, 0) is 14.3 Å². The van der Waals surface area contributed by atoms with E-state index in [0.29, 0.717) is 11.3 Å². The molecule has 2 atom stereocenters. The van der Waals surface area contributed by atoms with Crippen molar-refractivity contribution in [1.82, 2.24) is 10.2 Å². The quantitative estimate of drug-likeness (QED) is 0.542. The first-order valence-electron chi connectivity index (χ1n) is 11.3. The normalized spacial score (nSPS) is 12.8. The van der Waals surface area contributed by atoms with Gasteiger partial charge < -0.3 is 20.3 Å². The number of hydrogen-bond acceptors (Lipinski definition) is 4. The van der Waals surface area contributed by atoms with Gasteiger partial charge >= 0.3 is 6.09 Å². The molecule has 0 aliphatic carbocycles. The summed E-state index contributed by atoms with van der Waals surface area (Å²) in [6.45, 7) is 14.5. The highest BCUT2D eigenvalue weighted by atomic mass is 16.6. The lowest BCUT2D eigenvalue weighted by Crippen LogP contribution is -2.51. The zero-order valence-corrected chi connectivity index (χ0v) is 20.8. The maximum absolute atomic E-state index is 13.6. The van der Waals surface area contributed by atoms with Crippen LogP contribution in [0.25, 0.3) is 0 Å². The number of nitrogens with zero attached hydrogens (tertiary/aromatic N) is 1. The number of carbonyl (C=O) groups excluding carboxylic acids is 3. The molecule has 2 N–H and O–H groups in total. The Morgan fingerprint density at radius 3 is 2.35 bits per heavy atom. The van der Waals surface area contributed by atoms with Gasteiger partial charge in [0.2, 0.25) is 5.91 Å². The summed E-state index contributed by atoms with van der Waals surface area (Å²) in [5.41, 5.74) is 2.48. The van der Waals surface area contributed by atoms with E-state index in [9.17, 15) is 14.4 Å². The van der Waals surface area contributed by atoms with Crippen LogP contribution in [0.2, 0.25) is 0 Å². The molecule has 0 spiro atoms. The lowest BCUT2D eigenvalue weighted by Gasteiger charge is -2.33. The van der Waals surface area contributed by atoms with Crippen molar-refractivity contribution in [3.63, 3.8) is 0 Å². The van der Waals surface area contributed by atoms with Crippen molar-refractivity contribution in [1.29, 1.82) is 0 Å². The number of carbonyl (C=O) groups is 3. The molecule has 0 aliphatic heterocycles. The third kappa shape index (κ3) is 7.47. The van der Waals surface area contributed by atoms with Gasteiger partial charge in [-0.25, -0.2) is 4.79 Å². The maximum atomic E-state index is 13.6. The Hall–Kier alpha value is -3.61. The van der Waals surface area contributed by atoms with Crippen LogP contribution in [-0.4, -0.2) is 41.0 Å². The molecule has 0 saturated heterocycles. The Kier molecular flexibility index (Phi) is 9.01. The summed E-state index contributed by atoms with van der Waals surface area (Å²) in [6.07, 6.45) is 0.852. The number of nitrogens with one attached hydrogen (secondary N) is 2. The highest BCUT2D eigenvalue weighted by Crippen LogP contribution is 2.26. The van der Waals surface area contributed by atoms with Gasteiger partial charge in [0.1, 0.15) is 17.7 Å². The molecule has 0 radical (unpaired) electrons. The fourth-order valence-electron chi connectivity index (χ4n) is 3.48. The number of hydrogen-bond donors (Lipinski definition) is 2. The van der Waals surface area contributed by atoms with E-state index < -0.39 is 29.7 Å². The lowest BCUT2D eigenvalue weighted by molar-refractivity contribution is -0.139. The predicted molar refractivity (Wildman–Crippen MR) is 134 cm³/mol. The average Bonchev–Trinajstić information content (AvgIpc) is 2.73. The summed E-state index contributed by atoms with van der Waals surface area (Å²) in [5, 5.41) is 5.53. The zero-order valence-electron chi connectivity index (χ0n) is 20.8. The van der Waals surface area contributed by atoms with Crippen molar-refractivity contribution in [2.45, 2.75) is 59.2 Å².